The molecule has 0 atom stereocenters. The van der Waals surface area contributed by atoms with Crippen LogP contribution in [0.2, 0.25) is 0 Å². The largest absolute Gasteiger partial charge is 0.467 e. The first-order chi connectivity index (χ1) is 8.03. The topological polar surface area (TPSA) is 38.7 Å². The Morgan fingerprint density at radius 3 is 2.53 bits per heavy atom. The number of aliphatic hydroxyl groups is 1. The fraction of sp³-hybridized carbons (Fsp3) is 0.455. The lowest BCUT2D eigenvalue weighted by atomic mass is 10.1. The van der Waals surface area contributed by atoms with Crippen molar-refractivity contribution in [3.63, 3.8) is 0 Å². The van der Waals surface area contributed by atoms with E-state index in [0.29, 0.717) is 12.2 Å². The minimum atomic E-state index is -4.35. The Bertz CT molecular complexity index is 339. The summed E-state index contributed by atoms with van der Waals surface area (Å²) in [4.78, 5) is 0. The van der Waals surface area contributed by atoms with Gasteiger partial charge < -0.3 is 14.6 Å². The van der Waals surface area contributed by atoms with Gasteiger partial charge in [0.1, 0.15) is 12.4 Å². The molecular formula is C11H13F3O3. The van der Waals surface area contributed by atoms with E-state index in [0.717, 1.165) is 5.56 Å². The lowest BCUT2D eigenvalue weighted by molar-refractivity contribution is -0.186. The quantitative estimate of drug-likeness (QED) is 0.621. The second-order valence-electron chi connectivity index (χ2n) is 3.31. The molecule has 0 aliphatic rings. The number of benzene rings is 1. The average molecular weight is 250 g/mol. The minimum Gasteiger partial charge on any atom is -0.467 e. The minimum absolute atomic E-state index is 0.0518. The zero-order chi connectivity index (χ0) is 12.7. The van der Waals surface area contributed by atoms with E-state index < -0.39 is 19.6 Å². The Kier molecular flexibility index (Phi) is 5.24. The molecule has 3 nitrogen and oxygen atoms in total. The highest BCUT2D eigenvalue weighted by molar-refractivity contribution is 5.33. The summed E-state index contributed by atoms with van der Waals surface area (Å²) in [5.74, 6) is 0.420. The predicted octanol–water partition coefficient (Wildman–Crippen LogP) is 2.14. The van der Waals surface area contributed by atoms with Gasteiger partial charge in [-0.3, -0.25) is 0 Å². The summed E-state index contributed by atoms with van der Waals surface area (Å²) >= 11 is 0. The van der Waals surface area contributed by atoms with E-state index in [2.05, 4.69) is 4.74 Å². The third-order valence-corrected chi connectivity index (χ3v) is 1.92. The first-order valence-corrected chi connectivity index (χ1v) is 4.99. The maximum Gasteiger partial charge on any atom is 0.411 e. The summed E-state index contributed by atoms with van der Waals surface area (Å²) in [6, 6.07) is 6.80. The van der Waals surface area contributed by atoms with Crippen LogP contribution in [0.1, 0.15) is 5.56 Å². The molecular weight excluding hydrogens is 237 g/mol. The molecule has 0 unspecified atom stereocenters. The Balaban J connectivity index is 2.41. The van der Waals surface area contributed by atoms with Gasteiger partial charge >= 0.3 is 6.18 Å². The molecule has 0 fully saturated rings. The third-order valence-electron chi connectivity index (χ3n) is 1.92. The fourth-order valence-electron chi connectivity index (χ4n) is 1.23. The van der Waals surface area contributed by atoms with Crippen molar-refractivity contribution in [3.8, 4) is 5.75 Å². The zero-order valence-corrected chi connectivity index (χ0v) is 9.04. The van der Waals surface area contributed by atoms with Crippen molar-refractivity contribution in [3.05, 3.63) is 29.8 Å². The number of halogens is 3. The van der Waals surface area contributed by atoms with Crippen LogP contribution in [0.5, 0.6) is 5.75 Å². The molecule has 0 saturated heterocycles. The van der Waals surface area contributed by atoms with Crippen molar-refractivity contribution in [1.29, 1.82) is 0 Å². The van der Waals surface area contributed by atoms with E-state index >= 15 is 0 Å². The normalized spacial score (nSPS) is 11.5. The summed E-state index contributed by atoms with van der Waals surface area (Å²) in [5.41, 5.74) is 0.727. The van der Waals surface area contributed by atoms with Crippen LogP contribution in [0.15, 0.2) is 24.3 Å². The number of hydrogen-bond donors (Lipinski definition) is 1. The van der Waals surface area contributed by atoms with Crippen LogP contribution in [-0.2, 0) is 11.2 Å². The van der Waals surface area contributed by atoms with Crippen LogP contribution in [0.25, 0.3) is 0 Å². The van der Waals surface area contributed by atoms with Gasteiger partial charge in [0.2, 0.25) is 0 Å². The van der Waals surface area contributed by atoms with Gasteiger partial charge in [0.15, 0.2) is 6.79 Å². The number of rotatable bonds is 6. The van der Waals surface area contributed by atoms with Crippen molar-refractivity contribution < 1.29 is 27.8 Å². The van der Waals surface area contributed by atoms with Gasteiger partial charge in [0.05, 0.1) is 0 Å². The van der Waals surface area contributed by atoms with Crippen LogP contribution in [0.3, 0.4) is 0 Å². The van der Waals surface area contributed by atoms with Crippen LogP contribution >= 0.6 is 0 Å². The Morgan fingerprint density at radius 1 is 1.18 bits per heavy atom. The predicted molar refractivity (Wildman–Crippen MR) is 54.7 cm³/mol. The third kappa shape index (κ3) is 5.55. The molecule has 1 aromatic carbocycles. The summed E-state index contributed by atoms with van der Waals surface area (Å²) in [5, 5.41) is 8.79. The van der Waals surface area contributed by atoms with Gasteiger partial charge in [-0.05, 0) is 18.1 Å². The van der Waals surface area contributed by atoms with E-state index in [9.17, 15) is 13.2 Å². The highest BCUT2D eigenvalue weighted by Gasteiger charge is 2.27. The molecule has 0 aromatic heterocycles. The number of aliphatic hydroxyl groups excluding tert-OH is 1. The first-order valence-electron chi connectivity index (χ1n) is 4.99. The molecule has 1 N–H and O–H groups in total. The highest BCUT2D eigenvalue weighted by Crippen LogP contribution is 2.19. The second-order valence-corrected chi connectivity index (χ2v) is 3.31. The SMILES string of the molecule is OCCc1ccccc1OCOCC(F)(F)F. The standard InChI is InChI=1S/C11H13F3O3/c12-11(13,14)7-16-8-17-10-4-2-1-3-9(10)5-6-15/h1-4,15H,5-8H2. The van der Waals surface area contributed by atoms with E-state index in [1.54, 1.807) is 24.3 Å². The molecule has 6 heteroatoms. The van der Waals surface area contributed by atoms with Gasteiger partial charge in [-0.1, -0.05) is 18.2 Å². The van der Waals surface area contributed by atoms with Gasteiger partial charge in [-0.2, -0.15) is 13.2 Å². The number of ether oxygens (including phenoxy) is 2. The van der Waals surface area contributed by atoms with Crippen molar-refractivity contribution in [2.75, 3.05) is 20.0 Å². The number of hydrogen-bond acceptors (Lipinski definition) is 3. The number of alkyl halides is 3. The highest BCUT2D eigenvalue weighted by atomic mass is 19.4. The van der Waals surface area contributed by atoms with Gasteiger partial charge in [0.25, 0.3) is 0 Å². The molecule has 0 aliphatic carbocycles. The maximum absolute atomic E-state index is 11.8. The van der Waals surface area contributed by atoms with E-state index in [1.165, 1.54) is 0 Å². The molecule has 96 valence electrons. The van der Waals surface area contributed by atoms with Crippen molar-refractivity contribution >= 4 is 0 Å². The fourth-order valence-corrected chi connectivity index (χ4v) is 1.23. The Morgan fingerprint density at radius 2 is 1.88 bits per heavy atom. The van der Waals surface area contributed by atoms with Crippen molar-refractivity contribution in [1.82, 2.24) is 0 Å². The summed E-state index contributed by atoms with van der Waals surface area (Å²) in [6.07, 6.45) is -3.97. The average Bonchev–Trinajstić information content (AvgIpc) is 2.25. The van der Waals surface area contributed by atoms with Gasteiger partial charge in [-0.15, -0.1) is 0 Å². The summed E-state index contributed by atoms with van der Waals surface area (Å²) in [6.45, 7) is -1.86. The molecule has 17 heavy (non-hydrogen) atoms. The van der Waals surface area contributed by atoms with Crippen molar-refractivity contribution in [2.45, 2.75) is 12.6 Å². The number of para-hydroxylation sites is 1. The van der Waals surface area contributed by atoms with E-state index in [1.807, 2.05) is 0 Å². The van der Waals surface area contributed by atoms with Crippen LogP contribution < -0.4 is 4.74 Å². The van der Waals surface area contributed by atoms with Crippen LogP contribution in [-0.4, -0.2) is 31.3 Å². The Labute approximate surface area is 96.8 Å². The van der Waals surface area contributed by atoms with E-state index in [-0.39, 0.29) is 6.61 Å². The molecule has 0 heterocycles. The summed E-state index contributed by atoms with van der Waals surface area (Å²) < 4.78 is 44.7. The monoisotopic (exact) mass is 250 g/mol. The van der Waals surface area contributed by atoms with Crippen LogP contribution in [0, 0.1) is 0 Å². The second kappa shape index (κ2) is 6.46. The molecule has 1 aromatic rings. The molecule has 0 radical (unpaired) electrons. The van der Waals surface area contributed by atoms with Crippen molar-refractivity contribution in [2.24, 2.45) is 0 Å². The van der Waals surface area contributed by atoms with Gasteiger partial charge in [-0.25, -0.2) is 0 Å². The maximum atomic E-state index is 11.8. The molecule has 0 spiro atoms. The molecule has 0 saturated carbocycles. The molecule has 0 amide bonds. The summed E-state index contributed by atoms with van der Waals surface area (Å²) in [7, 11) is 0. The molecule has 1 rings (SSSR count). The molecule has 0 aliphatic heterocycles. The van der Waals surface area contributed by atoms with E-state index in [4.69, 9.17) is 9.84 Å². The lowest BCUT2D eigenvalue weighted by Gasteiger charge is -2.11. The Hall–Kier alpha value is -1.27. The smallest absolute Gasteiger partial charge is 0.411 e. The molecule has 0 bridgehead atoms. The zero-order valence-electron chi connectivity index (χ0n) is 9.04. The van der Waals surface area contributed by atoms with Gasteiger partial charge in [0, 0.05) is 6.61 Å². The lowest BCUT2D eigenvalue weighted by Crippen LogP contribution is -2.19. The van der Waals surface area contributed by atoms with Crippen LogP contribution in [0.4, 0.5) is 13.2 Å². The first kappa shape index (κ1) is 13.8.